The second kappa shape index (κ2) is 9.75. The summed E-state index contributed by atoms with van der Waals surface area (Å²) in [6.45, 7) is 3.05. The number of hydrogen-bond donors (Lipinski definition) is 2. The fourth-order valence-corrected chi connectivity index (χ4v) is 4.94. The summed E-state index contributed by atoms with van der Waals surface area (Å²) in [6.07, 6.45) is 3.05. The van der Waals surface area contributed by atoms with Gasteiger partial charge in [0.05, 0.1) is 34.0 Å². The third kappa shape index (κ3) is 4.37. The van der Waals surface area contributed by atoms with Crippen molar-refractivity contribution < 1.29 is 34.2 Å². The van der Waals surface area contributed by atoms with Crippen molar-refractivity contribution in [2.75, 3.05) is 27.9 Å². The van der Waals surface area contributed by atoms with Gasteiger partial charge in [-0.05, 0) is 64.7 Å². The first-order valence-corrected chi connectivity index (χ1v) is 11.4. The molecule has 3 aromatic rings. The van der Waals surface area contributed by atoms with E-state index in [1.807, 2.05) is 25.1 Å². The van der Waals surface area contributed by atoms with Crippen LogP contribution < -0.4 is 19.5 Å². The van der Waals surface area contributed by atoms with Crippen LogP contribution in [0, 0.1) is 0 Å². The van der Waals surface area contributed by atoms with Crippen molar-refractivity contribution in [2.24, 2.45) is 0 Å². The highest BCUT2D eigenvalue weighted by molar-refractivity contribution is 6.12. The van der Waals surface area contributed by atoms with E-state index in [1.165, 1.54) is 11.1 Å². The van der Waals surface area contributed by atoms with Gasteiger partial charge in [0, 0.05) is 24.8 Å². The van der Waals surface area contributed by atoms with Gasteiger partial charge in [-0.3, -0.25) is 4.79 Å². The minimum Gasteiger partial charge on any atom is -0.504 e. The molecule has 0 aliphatic carbocycles. The number of carbonyl (C=O) groups excluding carboxylic acids is 1. The number of nitrogens with two attached hydrogens (primary N) is 1. The molecule has 3 N–H and O–H groups in total. The smallest absolute Gasteiger partial charge is 0.305 e. The molecule has 1 unspecified atom stereocenters. The lowest BCUT2D eigenvalue weighted by molar-refractivity contribution is -0.708. The molecule has 0 radical (unpaired) electrons. The van der Waals surface area contributed by atoms with Gasteiger partial charge in [0.2, 0.25) is 0 Å². The topological polar surface area (TPSA) is 90.8 Å². The molecule has 0 spiro atoms. The SMILES string of the molecule is CCOC(=O)CCCC1Cc2c(c3cc(O)c(OC)cc3c3cc(OC)c(OC)cc23)C[NH2+]1. The van der Waals surface area contributed by atoms with Crippen molar-refractivity contribution in [3.05, 3.63) is 35.4 Å². The molecule has 1 aliphatic heterocycles. The average molecular weight is 455 g/mol. The fourth-order valence-electron chi connectivity index (χ4n) is 4.94. The summed E-state index contributed by atoms with van der Waals surface area (Å²) in [5.74, 6) is 1.78. The molecule has 0 saturated heterocycles. The number of rotatable bonds is 8. The third-order valence-electron chi connectivity index (χ3n) is 6.53. The van der Waals surface area contributed by atoms with Crippen molar-refractivity contribution in [1.29, 1.82) is 0 Å². The third-order valence-corrected chi connectivity index (χ3v) is 6.53. The zero-order chi connectivity index (χ0) is 23.5. The quantitative estimate of drug-likeness (QED) is 0.400. The van der Waals surface area contributed by atoms with E-state index in [4.69, 9.17) is 18.9 Å². The predicted molar refractivity (Wildman–Crippen MR) is 126 cm³/mol. The van der Waals surface area contributed by atoms with Crippen LogP contribution in [0.3, 0.4) is 0 Å². The Morgan fingerprint density at radius 2 is 1.55 bits per heavy atom. The summed E-state index contributed by atoms with van der Waals surface area (Å²) in [5, 5.41) is 17.0. The summed E-state index contributed by atoms with van der Waals surface area (Å²) in [6, 6.07) is 8.11. The number of aromatic hydroxyl groups is 1. The maximum absolute atomic E-state index is 11.7. The van der Waals surface area contributed by atoms with Gasteiger partial charge in [-0.1, -0.05) is 0 Å². The number of quaternary nitrogens is 1. The number of phenolic OH excluding ortho intramolecular Hbond substituents is 1. The standard InChI is InChI=1S/C26H31NO6/c1-5-33-26(29)8-6-7-15-9-16-19-12-24(31-3)25(32-4)13-20(19)18-11-23(30-2)22(28)10-17(18)21(16)14-27-15/h10-13,15,27-28H,5-9,14H2,1-4H3/p+1. The van der Waals surface area contributed by atoms with E-state index >= 15 is 0 Å². The molecule has 7 heteroatoms. The Morgan fingerprint density at radius 1 is 0.939 bits per heavy atom. The molecular weight excluding hydrogens is 422 g/mol. The Hall–Kier alpha value is -3.19. The number of esters is 1. The van der Waals surface area contributed by atoms with Gasteiger partial charge in [-0.15, -0.1) is 0 Å². The van der Waals surface area contributed by atoms with Crippen LogP contribution in [0.15, 0.2) is 24.3 Å². The van der Waals surface area contributed by atoms with Gasteiger partial charge < -0.3 is 29.4 Å². The Morgan fingerprint density at radius 3 is 2.18 bits per heavy atom. The van der Waals surface area contributed by atoms with E-state index in [9.17, 15) is 9.90 Å². The van der Waals surface area contributed by atoms with Crippen LogP contribution in [-0.2, 0) is 22.5 Å². The van der Waals surface area contributed by atoms with Crippen molar-refractivity contribution in [2.45, 2.75) is 45.2 Å². The number of hydrogen-bond acceptors (Lipinski definition) is 6. The van der Waals surface area contributed by atoms with Crippen LogP contribution in [0.4, 0.5) is 0 Å². The number of fused-ring (bicyclic) bond motifs is 6. The second-order valence-electron chi connectivity index (χ2n) is 8.38. The van der Waals surface area contributed by atoms with Gasteiger partial charge in [0.1, 0.15) is 6.54 Å². The van der Waals surface area contributed by atoms with Crippen molar-refractivity contribution in [3.63, 3.8) is 0 Å². The highest BCUT2D eigenvalue weighted by atomic mass is 16.5. The van der Waals surface area contributed by atoms with Crippen molar-refractivity contribution in [1.82, 2.24) is 0 Å². The molecular formula is C26H32NO6+. The zero-order valence-corrected chi connectivity index (χ0v) is 19.7. The average Bonchev–Trinajstić information content (AvgIpc) is 2.83. The molecule has 0 amide bonds. The largest absolute Gasteiger partial charge is 0.504 e. The summed E-state index contributed by atoms with van der Waals surface area (Å²) >= 11 is 0. The molecule has 33 heavy (non-hydrogen) atoms. The first-order valence-electron chi connectivity index (χ1n) is 11.4. The Bertz CT molecular complexity index is 1190. The van der Waals surface area contributed by atoms with E-state index in [0.29, 0.717) is 36.3 Å². The number of methoxy groups -OCH3 is 3. The van der Waals surface area contributed by atoms with Gasteiger partial charge in [-0.2, -0.15) is 0 Å². The summed E-state index contributed by atoms with van der Waals surface area (Å²) in [7, 11) is 4.83. The summed E-state index contributed by atoms with van der Waals surface area (Å²) in [5.41, 5.74) is 2.47. The fraction of sp³-hybridized carbons (Fsp3) is 0.423. The maximum atomic E-state index is 11.7. The van der Waals surface area contributed by atoms with Crippen molar-refractivity contribution >= 4 is 27.5 Å². The Balaban J connectivity index is 1.80. The molecule has 0 bridgehead atoms. The lowest BCUT2D eigenvalue weighted by Crippen LogP contribution is -2.90. The molecule has 1 atom stereocenters. The van der Waals surface area contributed by atoms with Crippen LogP contribution in [0.1, 0.15) is 37.3 Å². The van der Waals surface area contributed by atoms with E-state index in [0.717, 1.165) is 47.4 Å². The van der Waals surface area contributed by atoms with Crippen LogP contribution >= 0.6 is 0 Å². The Labute approximate surface area is 193 Å². The molecule has 4 rings (SSSR count). The normalized spacial score (nSPS) is 15.3. The molecule has 0 aromatic heterocycles. The lowest BCUT2D eigenvalue weighted by Gasteiger charge is -2.27. The van der Waals surface area contributed by atoms with Crippen LogP contribution in [0.5, 0.6) is 23.0 Å². The molecule has 1 heterocycles. The van der Waals surface area contributed by atoms with Gasteiger partial charge in [-0.25, -0.2) is 0 Å². The predicted octanol–water partition coefficient (Wildman–Crippen LogP) is 3.45. The Kier molecular flexibility index (Phi) is 6.79. The number of carbonyl (C=O) groups is 1. The second-order valence-corrected chi connectivity index (χ2v) is 8.38. The van der Waals surface area contributed by atoms with Crippen LogP contribution in [-0.4, -0.2) is 45.1 Å². The van der Waals surface area contributed by atoms with E-state index < -0.39 is 0 Å². The summed E-state index contributed by atoms with van der Waals surface area (Å²) in [4.78, 5) is 11.7. The van der Waals surface area contributed by atoms with Gasteiger partial charge in [0.25, 0.3) is 0 Å². The first kappa shape index (κ1) is 23.0. The monoisotopic (exact) mass is 454 g/mol. The maximum Gasteiger partial charge on any atom is 0.305 e. The lowest BCUT2D eigenvalue weighted by atomic mass is 9.84. The molecule has 0 fully saturated rings. The summed E-state index contributed by atoms with van der Waals surface area (Å²) < 4.78 is 21.6. The highest BCUT2D eigenvalue weighted by Gasteiger charge is 2.27. The van der Waals surface area contributed by atoms with E-state index in [-0.39, 0.29) is 11.7 Å². The van der Waals surface area contributed by atoms with Crippen molar-refractivity contribution in [3.8, 4) is 23.0 Å². The van der Waals surface area contributed by atoms with Crippen LogP contribution in [0.25, 0.3) is 21.5 Å². The number of ether oxygens (including phenoxy) is 4. The molecule has 1 aliphatic rings. The molecule has 0 saturated carbocycles. The minimum atomic E-state index is -0.133. The van der Waals surface area contributed by atoms with Crippen LogP contribution in [0.2, 0.25) is 0 Å². The number of phenols is 1. The minimum absolute atomic E-state index is 0.128. The van der Waals surface area contributed by atoms with E-state index in [1.54, 1.807) is 27.4 Å². The van der Waals surface area contributed by atoms with E-state index in [2.05, 4.69) is 5.32 Å². The molecule has 7 nitrogen and oxygen atoms in total. The number of benzene rings is 3. The van der Waals surface area contributed by atoms with Gasteiger partial charge >= 0.3 is 5.97 Å². The first-order chi connectivity index (χ1) is 16.0. The highest BCUT2D eigenvalue weighted by Crippen LogP contribution is 2.43. The molecule has 3 aromatic carbocycles. The van der Waals surface area contributed by atoms with Gasteiger partial charge in [0.15, 0.2) is 23.0 Å². The zero-order valence-electron chi connectivity index (χ0n) is 19.7. The molecule has 176 valence electrons.